The number of nitrogens with zero attached hydrogens (tertiary/aromatic N) is 3. The van der Waals surface area contributed by atoms with Crippen LogP contribution >= 0.6 is 0 Å². The van der Waals surface area contributed by atoms with Crippen LogP contribution in [0.5, 0.6) is 17.4 Å². The molecule has 3 rings (SSSR count). The van der Waals surface area contributed by atoms with E-state index in [4.69, 9.17) is 14.2 Å². The first-order chi connectivity index (χ1) is 14.6. The van der Waals surface area contributed by atoms with Crippen LogP contribution in [-0.4, -0.2) is 36.4 Å². The van der Waals surface area contributed by atoms with E-state index in [2.05, 4.69) is 14.9 Å². The van der Waals surface area contributed by atoms with Gasteiger partial charge in [0.05, 0.1) is 33.5 Å². The Labute approximate surface area is 176 Å². The molecular formula is C23H27N3O4. The number of benzene rings is 2. The maximum Gasteiger partial charge on any atom is 0.224 e. The lowest BCUT2D eigenvalue weighted by atomic mass is 10.1. The van der Waals surface area contributed by atoms with Crippen molar-refractivity contribution in [1.29, 1.82) is 0 Å². The van der Waals surface area contributed by atoms with Crippen LogP contribution in [0.4, 0.5) is 5.82 Å². The average molecular weight is 409 g/mol. The number of anilines is 1. The van der Waals surface area contributed by atoms with Gasteiger partial charge in [-0.25, -0.2) is 4.98 Å². The molecule has 7 heteroatoms. The fourth-order valence-corrected chi connectivity index (χ4v) is 3.23. The minimum Gasteiger partial charge on any atom is -0.497 e. The van der Waals surface area contributed by atoms with Crippen LogP contribution in [0.2, 0.25) is 0 Å². The second-order valence-corrected chi connectivity index (χ2v) is 6.79. The van der Waals surface area contributed by atoms with Crippen molar-refractivity contribution < 1.29 is 19.3 Å². The average Bonchev–Trinajstić information content (AvgIpc) is 2.79. The number of methoxy groups -OCH3 is 3. The van der Waals surface area contributed by atoms with Gasteiger partial charge >= 0.3 is 0 Å². The Bertz CT molecular complexity index is 910. The number of aryl methyl sites for hydroxylation is 1. The number of hydrogen-bond acceptors (Lipinski definition) is 7. The first kappa shape index (κ1) is 21.4. The van der Waals surface area contributed by atoms with Gasteiger partial charge < -0.3 is 24.2 Å². The van der Waals surface area contributed by atoms with Gasteiger partial charge in [0.25, 0.3) is 0 Å². The van der Waals surface area contributed by atoms with Gasteiger partial charge in [-0.3, -0.25) is 0 Å². The van der Waals surface area contributed by atoms with Crippen molar-refractivity contribution in [3.05, 3.63) is 71.0 Å². The summed E-state index contributed by atoms with van der Waals surface area (Å²) in [4.78, 5) is 11.1. The highest BCUT2D eigenvalue weighted by Gasteiger charge is 2.20. The predicted octanol–water partition coefficient (Wildman–Crippen LogP) is 3.51. The monoisotopic (exact) mass is 409 g/mol. The molecule has 1 N–H and O–H groups in total. The van der Waals surface area contributed by atoms with E-state index in [0.29, 0.717) is 36.2 Å². The molecule has 30 heavy (non-hydrogen) atoms. The molecule has 2 aromatic carbocycles. The van der Waals surface area contributed by atoms with Crippen LogP contribution in [-0.2, 0) is 19.7 Å². The molecule has 3 aromatic rings. The molecule has 158 valence electrons. The third-order valence-corrected chi connectivity index (χ3v) is 4.78. The standard InChI is InChI=1S/C23H27N3O4/c1-16-24-22(21(15-27)23(25-16)30-4)26(13-17-5-9-19(28-2)10-6-17)14-18-7-11-20(29-3)12-8-18/h5-12,27H,13-15H2,1-4H3. The molecule has 7 nitrogen and oxygen atoms in total. The third-order valence-electron chi connectivity index (χ3n) is 4.78. The highest BCUT2D eigenvalue weighted by atomic mass is 16.5. The molecule has 0 amide bonds. The number of aliphatic hydroxyl groups excluding tert-OH is 1. The molecule has 0 atom stereocenters. The Kier molecular flexibility index (Phi) is 7.08. The van der Waals surface area contributed by atoms with E-state index in [-0.39, 0.29) is 6.61 Å². The predicted molar refractivity (Wildman–Crippen MR) is 115 cm³/mol. The maximum atomic E-state index is 10.0. The quantitative estimate of drug-likeness (QED) is 0.579. The van der Waals surface area contributed by atoms with E-state index in [1.807, 2.05) is 55.5 Å². The molecule has 0 spiro atoms. The molecule has 0 aliphatic rings. The van der Waals surface area contributed by atoms with Crippen LogP contribution < -0.4 is 19.1 Å². The lowest BCUT2D eigenvalue weighted by Crippen LogP contribution is -2.25. The van der Waals surface area contributed by atoms with Crippen molar-refractivity contribution in [3.8, 4) is 17.4 Å². The van der Waals surface area contributed by atoms with Gasteiger partial charge in [0, 0.05) is 13.1 Å². The van der Waals surface area contributed by atoms with E-state index in [1.165, 1.54) is 0 Å². The summed E-state index contributed by atoms with van der Waals surface area (Å²) in [6.07, 6.45) is 0. The van der Waals surface area contributed by atoms with E-state index in [1.54, 1.807) is 21.3 Å². The lowest BCUT2D eigenvalue weighted by Gasteiger charge is -2.27. The van der Waals surface area contributed by atoms with Crippen molar-refractivity contribution in [2.24, 2.45) is 0 Å². The van der Waals surface area contributed by atoms with Crippen molar-refractivity contribution in [1.82, 2.24) is 9.97 Å². The van der Waals surface area contributed by atoms with Gasteiger partial charge in [-0.1, -0.05) is 24.3 Å². The largest absolute Gasteiger partial charge is 0.497 e. The minimum atomic E-state index is -0.222. The summed E-state index contributed by atoms with van der Waals surface area (Å²) in [6, 6.07) is 15.8. The van der Waals surface area contributed by atoms with Gasteiger partial charge in [0.1, 0.15) is 23.1 Å². The molecule has 1 aromatic heterocycles. The minimum absolute atomic E-state index is 0.222. The molecule has 0 radical (unpaired) electrons. The van der Waals surface area contributed by atoms with Crippen molar-refractivity contribution in [2.75, 3.05) is 26.2 Å². The fourth-order valence-electron chi connectivity index (χ4n) is 3.23. The van der Waals surface area contributed by atoms with Crippen LogP contribution in [0.1, 0.15) is 22.5 Å². The van der Waals surface area contributed by atoms with E-state index >= 15 is 0 Å². The molecule has 0 saturated heterocycles. The molecule has 0 fully saturated rings. The van der Waals surface area contributed by atoms with E-state index < -0.39 is 0 Å². The number of rotatable bonds is 9. The first-order valence-corrected chi connectivity index (χ1v) is 9.61. The van der Waals surface area contributed by atoms with E-state index in [9.17, 15) is 5.11 Å². The molecule has 0 saturated carbocycles. The summed E-state index contributed by atoms with van der Waals surface area (Å²) < 4.78 is 15.9. The number of hydrogen-bond donors (Lipinski definition) is 1. The molecule has 0 unspecified atom stereocenters. The highest BCUT2D eigenvalue weighted by Crippen LogP contribution is 2.29. The Morgan fingerprint density at radius 3 is 1.67 bits per heavy atom. The molecule has 0 aliphatic carbocycles. The summed E-state index contributed by atoms with van der Waals surface area (Å²) in [6.45, 7) is 2.76. The van der Waals surface area contributed by atoms with Crippen molar-refractivity contribution in [2.45, 2.75) is 26.6 Å². The van der Waals surface area contributed by atoms with E-state index in [0.717, 1.165) is 22.6 Å². The maximum absolute atomic E-state index is 10.0. The topological polar surface area (TPSA) is 76.9 Å². The summed E-state index contributed by atoms with van der Waals surface area (Å²) in [5, 5.41) is 10.0. The smallest absolute Gasteiger partial charge is 0.224 e. The van der Waals surface area contributed by atoms with Crippen LogP contribution in [0.15, 0.2) is 48.5 Å². The zero-order chi connectivity index (χ0) is 21.5. The number of aromatic nitrogens is 2. The SMILES string of the molecule is COc1ccc(CN(Cc2ccc(OC)cc2)c2nc(C)nc(OC)c2CO)cc1. The lowest BCUT2D eigenvalue weighted by molar-refractivity contribution is 0.270. The Hall–Kier alpha value is -3.32. The van der Waals surface area contributed by atoms with Gasteiger partial charge in [-0.05, 0) is 42.3 Å². The van der Waals surface area contributed by atoms with Crippen molar-refractivity contribution >= 4 is 5.82 Å². The second-order valence-electron chi connectivity index (χ2n) is 6.79. The molecule has 0 aliphatic heterocycles. The summed E-state index contributed by atoms with van der Waals surface area (Å²) >= 11 is 0. The van der Waals surface area contributed by atoms with Crippen LogP contribution in [0, 0.1) is 6.92 Å². The number of aliphatic hydroxyl groups is 1. The molecular weight excluding hydrogens is 382 g/mol. The molecule has 1 heterocycles. The Balaban J connectivity index is 2.00. The van der Waals surface area contributed by atoms with Gasteiger partial charge in [-0.15, -0.1) is 0 Å². The van der Waals surface area contributed by atoms with Gasteiger partial charge in [0.2, 0.25) is 5.88 Å². The summed E-state index contributed by atoms with van der Waals surface area (Å²) in [7, 11) is 4.84. The Morgan fingerprint density at radius 2 is 1.27 bits per heavy atom. The van der Waals surface area contributed by atoms with Crippen LogP contribution in [0.25, 0.3) is 0 Å². The zero-order valence-corrected chi connectivity index (χ0v) is 17.8. The Morgan fingerprint density at radius 1 is 0.767 bits per heavy atom. The fraction of sp³-hybridized carbons (Fsp3) is 0.304. The third kappa shape index (κ3) is 4.99. The summed E-state index contributed by atoms with van der Waals surface area (Å²) in [5.74, 6) is 3.21. The first-order valence-electron chi connectivity index (χ1n) is 9.61. The zero-order valence-electron chi connectivity index (χ0n) is 17.8. The van der Waals surface area contributed by atoms with Crippen LogP contribution in [0.3, 0.4) is 0 Å². The van der Waals surface area contributed by atoms with Gasteiger partial charge in [0.15, 0.2) is 0 Å². The summed E-state index contributed by atoms with van der Waals surface area (Å²) in [5.41, 5.74) is 2.73. The molecule has 0 bridgehead atoms. The van der Waals surface area contributed by atoms with Crippen molar-refractivity contribution in [3.63, 3.8) is 0 Å². The highest BCUT2D eigenvalue weighted by molar-refractivity contribution is 5.52. The normalized spacial score (nSPS) is 10.6. The number of ether oxygens (including phenoxy) is 3. The van der Waals surface area contributed by atoms with Gasteiger partial charge in [-0.2, -0.15) is 4.98 Å². The second kappa shape index (κ2) is 9.93.